The summed E-state index contributed by atoms with van der Waals surface area (Å²) in [5.74, 6) is 0.614. The van der Waals surface area contributed by atoms with Gasteiger partial charge in [-0.05, 0) is 56.3 Å². The van der Waals surface area contributed by atoms with Crippen LogP contribution in [0.3, 0.4) is 0 Å². The molecule has 3 nitrogen and oxygen atoms in total. The number of aliphatic hydroxyl groups is 1. The molecule has 2 rings (SSSR count). The Hall–Kier alpha value is -0.380. The average Bonchev–Trinajstić information content (AvgIpc) is 2.94. The summed E-state index contributed by atoms with van der Waals surface area (Å²) in [4.78, 5) is 0. The number of allylic oxidation sites excluding steroid dienone is 1. The molecule has 1 heterocycles. The summed E-state index contributed by atoms with van der Waals surface area (Å²) in [7, 11) is 0. The molecule has 0 aromatic rings. The first-order valence-electron chi connectivity index (χ1n) is 8.49. The van der Waals surface area contributed by atoms with Crippen molar-refractivity contribution in [2.75, 3.05) is 19.8 Å². The lowest BCUT2D eigenvalue weighted by atomic mass is 9.61. The van der Waals surface area contributed by atoms with Gasteiger partial charge in [0.05, 0.1) is 13.2 Å². The molecule has 21 heavy (non-hydrogen) atoms. The second-order valence-corrected chi connectivity index (χ2v) is 7.32. The number of hydrogen-bond donors (Lipinski definition) is 1. The van der Waals surface area contributed by atoms with Gasteiger partial charge >= 0.3 is 0 Å². The normalized spacial score (nSPS) is 35.8. The number of ether oxygens (including phenoxy) is 2. The fourth-order valence-electron chi connectivity index (χ4n) is 4.12. The molecule has 1 aliphatic carbocycles. The third kappa shape index (κ3) is 3.69. The van der Waals surface area contributed by atoms with Crippen molar-refractivity contribution in [3.8, 4) is 0 Å². The number of aliphatic hydroxyl groups excluding tert-OH is 1. The van der Waals surface area contributed by atoms with Gasteiger partial charge in [0.2, 0.25) is 0 Å². The van der Waals surface area contributed by atoms with Crippen LogP contribution in [0.15, 0.2) is 12.2 Å². The Morgan fingerprint density at radius 1 is 1.24 bits per heavy atom. The zero-order valence-electron chi connectivity index (χ0n) is 14.0. The van der Waals surface area contributed by atoms with Crippen LogP contribution in [0.4, 0.5) is 0 Å². The van der Waals surface area contributed by atoms with Crippen LogP contribution in [-0.2, 0) is 9.47 Å². The van der Waals surface area contributed by atoms with Gasteiger partial charge in [-0.2, -0.15) is 0 Å². The van der Waals surface area contributed by atoms with Crippen molar-refractivity contribution in [2.45, 2.75) is 65.1 Å². The molecule has 0 aromatic heterocycles. The quantitative estimate of drug-likeness (QED) is 0.755. The van der Waals surface area contributed by atoms with E-state index in [-0.39, 0.29) is 11.2 Å². The van der Waals surface area contributed by atoms with Crippen molar-refractivity contribution in [2.24, 2.45) is 17.3 Å². The second-order valence-electron chi connectivity index (χ2n) is 7.32. The van der Waals surface area contributed by atoms with Gasteiger partial charge in [0.25, 0.3) is 0 Å². The maximum absolute atomic E-state index is 9.78. The lowest BCUT2D eigenvalue weighted by Gasteiger charge is -2.46. The Bertz CT molecular complexity index is 359. The van der Waals surface area contributed by atoms with Crippen LogP contribution >= 0.6 is 0 Å². The second kappa shape index (κ2) is 6.80. The van der Waals surface area contributed by atoms with E-state index in [1.165, 1.54) is 12.0 Å². The molecular weight excluding hydrogens is 264 g/mol. The fourth-order valence-corrected chi connectivity index (χ4v) is 4.12. The number of rotatable bonds is 6. The van der Waals surface area contributed by atoms with Crippen LogP contribution in [0.1, 0.15) is 59.3 Å². The van der Waals surface area contributed by atoms with E-state index in [9.17, 15) is 5.11 Å². The van der Waals surface area contributed by atoms with Crippen LogP contribution < -0.4 is 0 Å². The zero-order chi connectivity index (χ0) is 15.5. The van der Waals surface area contributed by atoms with Gasteiger partial charge in [-0.15, -0.1) is 0 Å². The highest BCUT2D eigenvalue weighted by Crippen LogP contribution is 2.49. The van der Waals surface area contributed by atoms with Gasteiger partial charge in [0.15, 0.2) is 5.79 Å². The van der Waals surface area contributed by atoms with Crippen molar-refractivity contribution >= 4 is 0 Å². The summed E-state index contributed by atoms with van der Waals surface area (Å²) in [5, 5.41) is 9.78. The molecule has 0 aromatic carbocycles. The van der Waals surface area contributed by atoms with Gasteiger partial charge in [-0.3, -0.25) is 0 Å². The van der Waals surface area contributed by atoms with E-state index in [4.69, 9.17) is 9.47 Å². The van der Waals surface area contributed by atoms with Crippen molar-refractivity contribution in [1.29, 1.82) is 0 Å². The van der Waals surface area contributed by atoms with Crippen LogP contribution in [0.5, 0.6) is 0 Å². The zero-order valence-corrected chi connectivity index (χ0v) is 14.0. The van der Waals surface area contributed by atoms with Crippen LogP contribution in [0, 0.1) is 17.3 Å². The molecule has 0 radical (unpaired) electrons. The van der Waals surface area contributed by atoms with E-state index >= 15 is 0 Å². The molecule has 1 saturated carbocycles. The summed E-state index contributed by atoms with van der Waals surface area (Å²) in [6, 6.07) is 0. The smallest absolute Gasteiger partial charge is 0.168 e. The molecule has 122 valence electrons. The number of hydrogen-bond acceptors (Lipinski definition) is 3. The molecule has 0 amide bonds. The summed E-state index contributed by atoms with van der Waals surface area (Å²) in [6.07, 6.45) is 6.28. The average molecular weight is 296 g/mol. The van der Waals surface area contributed by atoms with Gasteiger partial charge in [-0.25, -0.2) is 0 Å². The van der Waals surface area contributed by atoms with E-state index in [2.05, 4.69) is 27.4 Å². The van der Waals surface area contributed by atoms with Gasteiger partial charge < -0.3 is 14.6 Å². The molecule has 0 bridgehead atoms. The van der Waals surface area contributed by atoms with Crippen molar-refractivity contribution in [1.82, 2.24) is 0 Å². The third-order valence-electron chi connectivity index (χ3n) is 5.91. The fraction of sp³-hybridized carbons (Fsp3) is 0.889. The predicted molar refractivity (Wildman–Crippen MR) is 85.0 cm³/mol. The molecular formula is C18H32O3. The van der Waals surface area contributed by atoms with E-state index in [1.807, 2.05) is 0 Å². The SMILES string of the molecule is C=C(C)[C@H]1CC[C@H](CO)[C@](C)(CCC2(CC)OCCO2)C1. The monoisotopic (exact) mass is 296 g/mol. The minimum atomic E-state index is -0.376. The molecule has 2 fully saturated rings. The summed E-state index contributed by atoms with van der Waals surface area (Å²) in [6.45, 7) is 12.5. The largest absolute Gasteiger partial charge is 0.396 e. The summed E-state index contributed by atoms with van der Waals surface area (Å²) in [5.41, 5.74) is 1.45. The first-order valence-corrected chi connectivity index (χ1v) is 8.49. The van der Waals surface area contributed by atoms with Crippen molar-refractivity contribution in [3.63, 3.8) is 0 Å². The molecule has 1 N–H and O–H groups in total. The highest BCUT2D eigenvalue weighted by atomic mass is 16.7. The van der Waals surface area contributed by atoms with E-state index in [1.54, 1.807) is 0 Å². The van der Waals surface area contributed by atoms with E-state index in [0.717, 1.165) is 32.1 Å². The molecule has 2 aliphatic rings. The molecule has 0 unspecified atom stereocenters. The molecule has 3 heteroatoms. The minimum Gasteiger partial charge on any atom is -0.396 e. The van der Waals surface area contributed by atoms with Crippen LogP contribution in [0.2, 0.25) is 0 Å². The molecule has 0 spiro atoms. The maximum Gasteiger partial charge on any atom is 0.168 e. The maximum atomic E-state index is 9.78. The predicted octanol–water partition coefficient (Wildman–Crippen LogP) is 3.91. The minimum absolute atomic E-state index is 0.161. The van der Waals surface area contributed by atoms with Crippen LogP contribution in [-0.4, -0.2) is 30.7 Å². The molecule has 3 atom stereocenters. The topological polar surface area (TPSA) is 38.7 Å². The van der Waals surface area contributed by atoms with E-state index in [0.29, 0.717) is 31.7 Å². The highest BCUT2D eigenvalue weighted by molar-refractivity contribution is 5.03. The standard InChI is InChI=1S/C18H32O3/c1-5-18(20-10-11-21-18)9-8-17(4)12-15(14(2)3)6-7-16(17)13-19/h15-16,19H,2,5-13H2,1,3-4H3/t15-,16+,17+/m0/s1. The van der Waals surface area contributed by atoms with Gasteiger partial charge in [-0.1, -0.05) is 26.0 Å². The molecule has 1 saturated heterocycles. The third-order valence-corrected chi connectivity index (χ3v) is 5.91. The Labute approximate surface area is 129 Å². The summed E-state index contributed by atoms with van der Waals surface area (Å²) >= 11 is 0. The van der Waals surface area contributed by atoms with Gasteiger partial charge in [0, 0.05) is 13.0 Å². The Kier molecular flexibility index (Phi) is 5.50. The van der Waals surface area contributed by atoms with Crippen molar-refractivity contribution in [3.05, 3.63) is 12.2 Å². The van der Waals surface area contributed by atoms with Crippen molar-refractivity contribution < 1.29 is 14.6 Å². The van der Waals surface area contributed by atoms with Crippen LogP contribution in [0.25, 0.3) is 0 Å². The van der Waals surface area contributed by atoms with E-state index < -0.39 is 0 Å². The Morgan fingerprint density at radius 3 is 2.43 bits per heavy atom. The first kappa shape index (κ1) is 17.0. The lowest BCUT2D eigenvalue weighted by molar-refractivity contribution is -0.171. The lowest BCUT2D eigenvalue weighted by Crippen LogP contribution is -2.40. The highest BCUT2D eigenvalue weighted by Gasteiger charge is 2.43. The Balaban J connectivity index is 2.03. The van der Waals surface area contributed by atoms with Gasteiger partial charge in [0.1, 0.15) is 0 Å². The Morgan fingerprint density at radius 2 is 1.90 bits per heavy atom. The molecule has 1 aliphatic heterocycles. The first-order chi connectivity index (χ1) is 9.95. The summed E-state index contributed by atoms with van der Waals surface area (Å²) < 4.78 is 11.7.